The number of aromatic amines is 1. The minimum absolute atomic E-state index is 0.125. The van der Waals surface area contributed by atoms with E-state index < -0.39 is 5.91 Å². The van der Waals surface area contributed by atoms with E-state index in [1.807, 2.05) is 0 Å². The first-order chi connectivity index (χ1) is 9.22. The quantitative estimate of drug-likeness (QED) is 0.716. The fraction of sp³-hybridized carbons (Fsp3) is 0. The van der Waals surface area contributed by atoms with Crippen molar-refractivity contribution in [3.05, 3.63) is 52.8 Å². The van der Waals surface area contributed by atoms with E-state index in [1.165, 1.54) is 18.5 Å². The van der Waals surface area contributed by atoms with E-state index in [1.54, 1.807) is 18.2 Å². The largest absolute Gasteiger partial charge is 0.443 e. The van der Waals surface area contributed by atoms with E-state index >= 15 is 0 Å². The molecular formula is C12H8N4O3. The van der Waals surface area contributed by atoms with Crippen molar-refractivity contribution < 1.29 is 9.21 Å². The molecule has 1 aromatic carbocycles. The highest BCUT2D eigenvalue weighted by Gasteiger charge is 2.08. The van der Waals surface area contributed by atoms with E-state index in [4.69, 9.17) is 4.42 Å². The van der Waals surface area contributed by atoms with Gasteiger partial charge in [-0.2, -0.15) is 5.10 Å². The van der Waals surface area contributed by atoms with E-state index in [0.717, 1.165) is 0 Å². The van der Waals surface area contributed by atoms with Crippen molar-refractivity contribution in [1.29, 1.82) is 0 Å². The lowest BCUT2D eigenvalue weighted by Crippen LogP contribution is -2.17. The standard InChI is InChI=1S/C12H8N4O3/c17-11-4-2-8(15-16-11)12(18)14-7-1-3-10-9(5-7)13-6-19-10/h1-6H,(H,14,18)(H,16,17). The summed E-state index contributed by atoms with van der Waals surface area (Å²) in [5, 5.41) is 8.50. The maximum absolute atomic E-state index is 11.9. The average molecular weight is 256 g/mol. The molecule has 7 nitrogen and oxygen atoms in total. The topological polar surface area (TPSA) is 101 Å². The van der Waals surface area contributed by atoms with Gasteiger partial charge in [-0.3, -0.25) is 9.59 Å². The van der Waals surface area contributed by atoms with Crippen molar-refractivity contribution in [2.75, 3.05) is 5.32 Å². The minimum Gasteiger partial charge on any atom is -0.443 e. The number of rotatable bonds is 2. The van der Waals surface area contributed by atoms with Crippen molar-refractivity contribution in [2.24, 2.45) is 0 Å². The first-order valence-electron chi connectivity index (χ1n) is 5.43. The highest BCUT2D eigenvalue weighted by Crippen LogP contribution is 2.17. The monoisotopic (exact) mass is 256 g/mol. The smallest absolute Gasteiger partial charge is 0.276 e. The highest BCUT2D eigenvalue weighted by atomic mass is 16.3. The number of hydrogen-bond donors (Lipinski definition) is 2. The molecule has 2 N–H and O–H groups in total. The molecule has 0 spiro atoms. The number of aromatic nitrogens is 3. The molecule has 0 fully saturated rings. The molecule has 0 unspecified atom stereocenters. The first-order valence-corrected chi connectivity index (χ1v) is 5.43. The lowest BCUT2D eigenvalue weighted by molar-refractivity contribution is 0.102. The molecule has 0 bridgehead atoms. The van der Waals surface area contributed by atoms with Gasteiger partial charge in [0.25, 0.3) is 11.5 Å². The van der Waals surface area contributed by atoms with Gasteiger partial charge in [0.05, 0.1) is 0 Å². The summed E-state index contributed by atoms with van der Waals surface area (Å²) in [6.45, 7) is 0. The third kappa shape index (κ3) is 2.21. The zero-order valence-corrected chi connectivity index (χ0v) is 9.58. The molecule has 0 aliphatic carbocycles. The number of nitrogens with one attached hydrogen (secondary N) is 2. The molecule has 0 radical (unpaired) electrons. The second kappa shape index (κ2) is 4.37. The molecule has 0 aliphatic rings. The lowest BCUT2D eigenvalue weighted by Gasteiger charge is -2.03. The predicted octanol–water partition coefficient (Wildman–Crippen LogP) is 1.16. The Morgan fingerprint density at radius 3 is 2.95 bits per heavy atom. The van der Waals surface area contributed by atoms with E-state index in [2.05, 4.69) is 20.5 Å². The maximum Gasteiger partial charge on any atom is 0.276 e. The van der Waals surface area contributed by atoms with Crippen LogP contribution in [-0.2, 0) is 0 Å². The number of carbonyl (C=O) groups excluding carboxylic acids is 1. The van der Waals surface area contributed by atoms with Gasteiger partial charge in [-0.25, -0.2) is 10.1 Å². The molecule has 0 atom stereocenters. The number of amides is 1. The molecule has 0 saturated heterocycles. The van der Waals surface area contributed by atoms with Crippen LogP contribution < -0.4 is 10.9 Å². The fourth-order valence-electron chi connectivity index (χ4n) is 1.60. The molecule has 94 valence electrons. The normalized spacial score (nSPS) is 10.5. The van der Waals surface area contributed by atoms with Crippen LogP contribution in [0.25, 0.3) is 11.1 Å². The number of carbonyl (C=O) groups is 1. The van der Waals surface area contributed by atoms with Crippen LogP contribution in [0.4, 0.5) is 5.69 Å². The number of nitrogens with zero attached hydrogens (tertiary/aromatic N) is 2. The Morgan fingerprint density at radius 2 is 2.16 bits per heavy atom. The summed E-state index contributed by atoms with van der Waals surface area (Å²) in [6.07, 6.45) is 1.33. The molecule has 7 heteroatoms. The summed E-state index contributed by atoms with van der Waals surface area (Å²) in [6, 6.07) is 7.67. The molecule has 3 aromatic rings. The van der Waals surface area contributed by atoms with Crippen LogP contribution in [0.5, 0.6) is 0 Å². The molecule has 0 aliphatic heterocycles. The van der Waals surface area contributed by atoms with Gasteiger partial charge in [0.15, 0.2) is 12.0 Å². The molecule has 1 amide bonds. The van der Waals surface area contributed by atoms with Crippen LogP contribution in [0.15, 0.2) is 45.9 Å². The first kappa shape index (κ1) is 11.1. The summed E-state index contributed by atoms with van der Waals surface area (Å²) >= 11 is 0. The molecule has 2 heterocycles. The van der Waals surface area contributed by atoms with Gasteiger partial charge >= 0.3 is 0 Å². The molecule has 3 rings (SSSR count). The zero-order chi connectivity index (χ0) is 13.2. The summed E-state index contributed by atoms with van der Waals surface area (Å²) in [5.41, 5.74) is 1.62. The van der Waals surface area contributed by atoms with Crippen molar-refractivity contribution in [2.45, 2.75) is 0 Å². The van der Waals surface area contributed by atoms with Gasteiger partial charge in [0, 0.05) is 11.8 Å². The van der Waals surface area contributed by atoms with Crippen LogP contribution in [0.1, 0.15) is 10.5 Å². The average Bonchev–Trinajstić information content (AvgIpc) is 2.87. The molecule has 2 aromatic heterocycles. The van der Waals surface area contributed by atoms with E-state index in [-0.39, 0.29) is 11.3 Å². The Kier molecular flexibility index (Phi) is 2.57. The number of anilines is 1. The van der Waals surface area contributed by atoms with Crippen molar-refractivity contribution in [1.82, 2.24) is 15.2 Å². The van der Waals surface area contributed by atoms with Crippen LogP contribution in [0.3, 0.4) is 0 Å². The number of benzene rings is 1. The van der Waals surface area contributed by atoms with Gasteiger partial charge < -0.3 is 9.73 Å². The number of H-pyrrole nitrogens is 1. The summed E-state index contributed by atoms with van der Waals surface area (Å²) < 4.78 is 5.10. The molecular weight excluding hydrogens is 248 g/mol. The van der Waals surface area contributed by atoms with Crippen LogP contribution in [0, 0.1) is 0 Å². The summed E-state index contributed by atoms with van der Waals surface area (Å²) in [7, 11) is 0. The van der Waals surface area contributed by atoms with Crippen LogP contribution >= 0.6 is 0 Å². The second-order valence-corrected chi connectivity index (χ2v) is 3.80. The third-order valence-corrected chi connectivity index (χ3v) is 2.50. The van der Waals surface area contributed by atoms with Crippen molar-refractivity contribution in [3.8, 4) is 0 Å². The Labute approximate surface area is 106 Å². The number of oxazole rings is 1. The van der Waals surface area contributed by atoms with Crippen molar-refractivity contribution in [3.63, 3.8) is 0 Å². The Bertz CT molecular complexity index is 785. The predicted molar refractivity (Wildman–Crippen MR) is 66.8 cm³/mol. The molecule has 19 heavy (non-hydrogen) atoms. The highest BCUT2D eigenvalue weighted by molar-refractivity contribution is 6.03. The van der Waals surface area contributed by atoms with Gasteiger partial charge in [0.2, 0.25) is 0 Å². The second-order valence-electron chi connectivity index (χ2n) is 3.80. The summed E-state index contributed by atoms with van der Waals surface area (Å²) in [4.78, 5) is 26.7. The van der Waals surface area contributed by atoms with E-state index in [9.17, 15) is 9.59 Å². The SMILES string of the molecule is O=C(Nc1ccc2ocnc2c1)c1ccc(=O)[nH]n1. The lowest BCUT2D eigenvalue weighted by atomic mass is 10.2. The Balaban J connectivity index is 1.85. The van der Waals surface area contributed by atoms with Gasteiger partial charge in [-0.05, 0) is 24.3 Å². The van der Waals surface area contributed by atoms with Gasteiger partial charge in [-0.1, -0.05) is 0 Å². The van der Waals surface area contributed by atoms with Crippen molar-refractivity contribution >= 4 is 22.7 Å². The molecule has 0 saturated carbocycles. The fourth-order valence-corrected chi connectivity index (χ4v) is 1.60. The Morgan fingerprint density at radius 1 is 1.26 bits per heavy atom. The van der Waals surface area contributed by atoms with Gasteiger partial charge in [0.1, 0.15) is 11.2 Å². The summed E-state index contributed by atoms with van der Waals surface area (Å²) in [5.74, 6) is -0.418. The maximum atomic E-state index is 11.9. The van der Waals surface area contributed by atoms with E-state index in [0.29, 0.717) is 16.8 Å². The van der Waals surface area contributed by atoms with Crippen LogP contribution in [-0.4, -0.2) is 21.1 Å². The van der Waals surface area contributed by atoms with Crippen LogP contribution in [0.2, 0.25) is 0 Å². The zero-order valence-electron chi connectivity index (χ0n) is 9.58. The third-order valence-electron chi connectivity index (χ3n) is 2.50. The minimum atomic E-state index is -0.418. The Hall–Kier alpha value is -2.96. The van der Waals surface area contributed by atoms with Gasteiger partial charge in [-0.15, -0.1) is 0 Å². The number of fused-ring (bicyclic) bond motifs is 1. The number of hydrogen-bond acceptors (Lipinski definition) is 5.